The number of hydrogen-bond acceptors (Lipinski definition) is 2. The summed E-state index contributed by atoms with van der Waals surface area (Å²) in [5.74, 6) is -9.62. The first-order valence-corrected chi connectivity index (χ1v) is 5.34. The standard InChI is InChI=1S/C11H9F5N2/c12-6-7(13)9(15)11(10(16)8(6)14)18-5-3-1-2-4-17-5/h1-4H2,(H,17,18). The van der Waals surface area contributed by atoms with Gasteiger partial charge in [0.1, 0.15) is 11.5 Å². The van der Waals surface area contributed by atoms with E-state index in [1.165, 1.54) is 0 Å². The van der Waals surface area contributed by atoms with Crippen molar-refractivity contribution in [1.82, 2.24) is 0 Å². The van der Waals surface area contributed by atoms with Gasteiger partial charge in [0.05, 0.1) is 0 Å². The molecule has 1 aliphatic rings. The molecule has 1 N–H and O–H groups in total. The maximum Gasteiger partial charge on any atom is 0.200 e. The average Bonchev–Trinajstić information content (AvgIpc) is 2.40. The van der Waals surface area contributed by atoms with Gasteiger partial charge in [0, 0.05) is 13.0 Å². The van der Waals surface area contributed by atoms with Crippen LogP contribution in [0.3, 0.4) is 0 Å². The van der Waals surface area contributed by atoms with Gasteiger partial charge in [-0.15, -0.1) is 0 Å². The molecule has 1 aromatic carbocycles. The summed E-state index contributed by atoms with van der Waals surface area (Å²) in [6.07, 6.45) is 2.00. The van der Waals surface area contributed by atoms with Crippen LogP contribution in [-0.2, 0) is 0 Å². The lowest BCUT2D eigenvalue weighted by molar-refractivity contribution is 0.382. The Balaban J connectivity index is 2.41. The van der Waals surface area contributed by atoms with E-state index in [-0.39, 0.29) is 5.84 Å². The highest BCUT2D eigenvalue weighted by Crippen LogP contribution is 2.27. The van der Waals surface area contributed by atoms with Crippen molar-refractivity contribution in [1.29, 1.82) is 0 Å². The number of nitrogens with zero attached hydrogens (tertiary/aromatic N) is 1. The maximum absolute atomic E-state index is 13.3. The fourth-order valence-electron chi connectivity index (χ4n) is 1.66. The molecule has 0 saturated heterocycles. The molecule has 0 aromatic heterocycles. The summed E-state index contributed by atoms with van der Waals surface area (Å²) in [5.41, 5.74) is -1.05. The van der Waals surface area contributed by atoms with Crippen molar-refractivity contribution in [3.05, 3.63) is 29.1 Å². The summed E-state index contributed by atoms with van der Waals surface area (Å²) in [6.45, 7) is 0.470. The fraction of sp³-hybridized carbons (Fsp3) is 0.364. The normalized spacial score (nSPS) is 15.5. The number of nitrogens with one attached hydrogen (secondary N) is 1. The monoisotopic (exact) mass is 264 g/mol. The van der Waals surface area contributed by atoms with Crippen LogP contribution in [-0.4, -0.2) is 12.4 Å². The molecular weight excluding hydrogens is 255 g/mol. The van der Waals surface area contributed by atoms with Crippen LogP contribution >= 0.6 is 0 Å². The molecule has 0 saturated carbocycles. The lowest BCUT2D eigenvalue weighted by atomic mass is 10.1. The predicted molar refractivity (Wildman–Crippen MR) is 56.0 cm³/mol. The Labute approximate surface area is 99.5 Å². The van der Waals surface area contributed by atoms with Crippen molar-refractivity contribution in [2.75, 3.05) is 11.9 Å². The Bertz CT molecular complexity index is 484. The Kier molecular flexibility index (Phi) is 3.49. The summed E-state index contributed by atoms with van der Waals surface area (Å²) in [5, 5.41) is 2.18. The Hall–Kier alpha value is -1.66. The van der Waals surface area contributed by atoms with Gasteiger partial charge < -0.3 is 5.32 Å². The number of benzene rings is 1. The zero-order chi connectivity index (χ0) is 13.3. The molecule has 0 aliphatic carbocycles. The molecule has 1 aliphatic heterocycles. The summed E-state index contributed by atoms with van der Waals surface area (Å²) in [4.78, 5) is 3.92. The number of aliphatic imine (C=N–C) groups is 1. The summed E-state index contributed by atoms with van der Waals surface area (Å²) in [6, 6.07) is 0. The van der Waals surface area contributed by atoms with Crippen molar-refractivity contribution in [3.8, 4) is 0 Å². The Morgan fingerprint density at radius 3 is 1.83 bits per heavy atom. The van der Waals surface area contributed by atoms with Crippen LogP contribution in [0.1, 0.15) is 19.3 Å². The van der Waals surface area contributed by atoms with Crippen LogP contribution in [0.4, 0.5) is 27.6 Å². The second-order valence-corrected chi connectivity index (χ2v) is 3.86. The van der Waals surface area contributed by atoms with Crippen molar-refractivity contribution < 1.29 is 22.0 Å². The van der Waals surface area contributed by atoms with Gasteiger partial charge in [-0.1, -0.05) is 0 Å². The quantitative estimate of drug-likeness (QED) is 0.469. The van der Waals surface area contributed by atoms with Crippen molar-refractivity contribution >= 4 is 11.5 Å². The van der Waals surface area contributed by atoms with Crippen LogP contribution in [0.25, 0.3) is 0 Å². The van der Waals surface area contributed by atoms with E-state index in [1.54, 1.807) is 0 Å². The van der Waals surface area contributed by atoms with Gasteiger partial charge in [0.2, 0.25) is 5.82 Å². The smallest absolute Gasteiger partial charge is 0.200 e. The van der Waals surface area contributed by atoms with E-state index in [0.717, 1.165) is 12.8 Å². The first-order valence-electron chi connectivity index (χ1n) is 5.34. The summed E-state index contributed by atoms with van der Waals surface area (Å²) in [7, 11) is 0. The van der Waals surface area contributed by atoms with Crippen molar-refractivity contribution in [2.45, 2.75) is 19.3 Å². The molecule has 2 rings (SSSR count). The van der Waals surface area contributed by atoms with Gasteiger partial charge in [-0.05, 0) is 12.8 Å². The lowest BCUT2D eigenvalue weighted by Crippen LogP contribution is -2.19. The van der Waals surface area contributed by atoms with E-state index in [2.05, 4.69) is 10.3 Å². The number of anilines is 1. The zero-order valence-electron chi connectivity index (χ0n) is 9.17. The third-order valence-electron chi connectivity index (χ3n) is 2.60. The molecule has 18 heavy (non-hydrogen) atoms. The fourth-order valence-corrected chi connectivity index (χ4v) is 1.66. The number of amidine groups is 1. The lowest BCUT2D eigenvalue weighted by Gasteiger charge is -2.15. The molecule has 1 heterocycles. The van der Waals surface area contributed by atoms with Crippen LogP contribution in [0, 0.1) is 29.1 Å². The topological polar surface area (TPSA) is 24.4 Å². The molecule has 0 atom stereocenters. The molecule has 0 unspecified atom stereocenters. The molecule has 0 bridgehead atoms. The van der Waals surface area contributed by atoms with Crippen LogP contribution < -0.4 is 5.32 Å². The highest BCUT2D eigenvalue weighted by atomic mass is 19.2. The van der Waals surface area contributed by atoms with E-state index in [1.807, 2.05) is 0 Å². The first-order chi connectivity index (χ1) is 8.52. The first kappa shape index (κ1) is 12.8. The van der Waals surface area contributed by atoms with Gasteiger partial charge in [0.15, 0.2) is 23.3 Å². The second kappa shape index (κ2) is 4.91. The van der Waals surface area contributed by atoms with Crippen LogP contribution in [0.2, 0.25) is 0 Å². The second-order valence-electron chi connectivity index (χ2n) is 3.86. The zero-order valence-corrected chi connectivity index (χ0v) is 9.17. The minimum absolute atomic E-state index is 0.226. The van der Waals surface area contributed by atoms with E-state index in [4.69, 9.17) is 0 Å². The van der Waals surface area contributed by atoms with Gasteiger partial charge >= 0.3 is 0 Å². The molecule has 7 heteroatoms. The maximum atomic E-state index is 13.3. The molecule has 0 amide bonds. The SMILES string of the molecule is Fc1c(F)c(F)c(NC2=NCCCC2)c(F)c1F. The third kappa shape index (κ3) is 2.16. The number of halogens is 5. The summed E-state index contributed by atoms with van der Waals surface area (Å²) < 4.78 is 65.3. The molecule has 0 radical (unpaired) electrons. The molecular formula is C11H9F5N2. The third-order valence-corrected chi connectivity index (χ3v) is 2.60. The highest BCUT2D eigenvalue weighted by Gasteiger charge is 2.26. The molecule has 2 nitrogen and oxygen atoms in total. The average molecular weight is 264 g/mol. The Morgan fingerprint density at radius 1 is 0.778 bits per heavy atom. The van der Waals surface area contributed by atoms with E-state index in [0.29, 0.717) is 13.0 Å². The largest absolute Gasteiger partial charge is 0.339 e. The van der Waals surface area contributed by atoms with E-state index >= 15 is 0 Å². The molecule has 1 aromatic rings. The molecule has 0 fully saturated rings. The van der Waals surface area contributed by atoms with Crippen LogP contribution in [0.5, 0.6) is 0 Å². The van der Waals surface area contributed by atoms with E-state index in [9.17, 15) is 22.0 Å². The van der Waals surface area contributed by atoms with Crippen LogP contribution in [0.15, 0.2) is 4.99 Å². The minimum Gasteiger partial charge on any atom is -0.339 e. The molecule has 0 spiro atoms. The summed E-state index contributed by atoms with van der Waals surface area (Å²) >= 11 is 0. The van der Waals surface area contributed by atoms with Gasteiger partial charge in [-0.3, -0.25) is 4.99 Å². The highest BCUT2D eigenvalue weighted by molar-refractivity contribution is 5.96. The number of rotatable bonds is 1. The Morgan fingerprint density at radius 2 is 1.33 bits per heavy atom. The van der Waals surface area contributed by atoms with Gasteiger partial charge in [0.25, 0.3) is 0 Å². The van der Waals surface area contributed by atoms with Gasteiger partial charge in [-0.2, -0.15) is 0 Å². The van der Waals surface area contributed by atoms with Crippen molar-refractivity contribution in [3.63, 3.8) is 0 Å². The van der Waals surface area contributed by atoms with Gasteiger partial charge in [-0.25, -0.2) is 22.0 Å². The minimum atomic E-state index is -2.17. The number of hydrogen-bond donors (Lipinski definition) is 1. The predicted octanol–water partition coefficient (Wildman–Crippen LogP) is 3.38. The van der Waals surface area contributed by atoms with E-state index < -0.39 is 34.8 Å². The van der Waals surface area contributed by atoms with Crippen molar-refractivity contribution in [2.24, 2.45) is 4.99 Å². The molecule has 98 valence electrons.